The van der Waals surface area contributed by atoms with Gasteiger partial charge in [-0.05, 0) is 30.3 Å². The Morgan fingerprint density at radius 1 is 1.24 bits per heavy atom. The molecule has 150 valence electrons. The second-order valence-corrected chi connectivity index (χ2v) is 6.85. The molecule has 1 aliphatic heterocycles. The number of fused-ring (bicyclic) bond motifs is 1. The zero-order chi connectivity index (χ0) is 20.2. The van der Waals surface area contributed by atoms with Crippen molar-refractivity contribution in [1.82, 2.24) is 25.2 Å². The number of nitrogens with zero attached hydrogens (tertiary/aromatic N) is 3. The minimum atomic E-state index is -0.213. The maximum Gasteiger partial charge on any atom is 0.269 e. The number of imidazole rings is 1. The summed E-state index contributed by atoms with van der Waals surface area (Å²) in [6, 6.07) is 10.6. The van der Waals surface area contributed by atoms with E-state index in [9.17, 15) is 4.79 Å². The van der Waals surface area contributed by atoms with Gasteiger partial charge in [-0.15, -0.1) is 0 Å². The highest BCUT2D eigenvalue weighted by atomic mass is 16.5. The number of aromatic amines is 1. The molecule has 1 fully saturated rings. The van der Waals surface area contributed by atoms with Crippen LogP contribution in [0.4, 0.5) is 0 Å². The molecule has 2 aromatic heterocycles. The summed E-state index contributed by atoms with van der Waals surface area (Å²) in [5.41, 5.74) is 8.59. The molecule has 0 atom stereocenters. The summed E-state index contributed by atoms with van der Waals surface area (Å²) >= 11 is 0. The molecule has 1 amide bonds. The van der Waals surface area contributed by atoms with Crippen LogP contribution in [-0.4, -0.2) is 71.0 Å². The molecular weight excluding hydrogens is 370 g/mol. The number of amides is 1. The Morgan fingerprint density at radius 2 is 2.07 bits per heavy atom. The Kier molecular flexibility index (Phi) is 5.50. The summed E-state index contributed by atoms with van der Waals surface area (Å²) < 4.78 is 5.33. The normalized spacial score (nSPS) is 14.8. The number of nitrogens with two attached hydrogens (primary N) is 1. The van der Waals surface area contributed by atoms with E-state index in [1.54, 1.807) is 36.4 Å². The van der Waals surface area contributed by atoms with Crippen LogP contribution >= 0.6 is 0 Å². The van der Waals surface area contributed by atoms with Gasteiger partial charge in [-0.3, -0.25) is 15.1 Å². The van der Waals surface area contributed by atoms with Crippen LogP contribution in [0.3, 0.4) is 0 Å². The second-order valence-electron chi connectivity index (χ2n) is 6.85. The van der Waals surface area contributed by atoms with Crippen molar-refractivity contribution in [3.05, 3.63) is 47.7 Å². The van der Waals surface area contributed by atoms with E-state index in [0.29, 0.717) is 29.3 Å². The fourth-order valence-corrected chi connectivity index (χ4v) is 3.23. The smallest absolute Gasteiger partial charge is 0.269 e. The standard InChI is InChI=1S/C20H23N7O2/c21-18(22)13-4-5-14-17(12-13)26-19(25-14)15-2-1-3-16(24-15)20(28)23-6-7-27-8-10-29-11-9-27/h1-5,12H,6-11H2,(H3,21,22)(H,23,28)(H,25,26). The van der Waals surface area contributed by atoms with Gasteiger partial charge in [0, 0.05) is 31.7 Å². The Bertz CT molecular complexity index is 1040. The monoisotopic (exact) mass is 393 g/mol. The van der Waals surface area contributed by atoms with E-state index in [0.717, 1.165) is 43.9 Å². The number of carbonyl (C=O) groups excluding carboxylic acids is 1. The highest BCUT2D eigenvalue weighted by Gasteiger charge is 2.13. The zero-order valence-electron chi connectivity index (χ0n) is 15.9. The second kappa shape index (κ2) is 8.38. The van der Waals surface area contributed by atoms with Gasteiger partial charge in [0.05, 0.1) is 24.2 Å². The molecular formula is C20H23N7O2. The molecule has 0 unspecified atom stereocenters. The topological polar surface area (TPSA) is 133 Å². The van der Waals surface area contributed by atoms with Crippen LogP contribution in [0.2, 0.25) is 0 Å². The van der Waals surface area contributed by atoms with Crippen molar-refractivity contribution in [2.75, 3.05) is 39.4 Å². The lowest BCUT2D eigenvalue weighted by Crippen LogP contribution is -2.41. The van der Waals surface area contributed by atoms with Crippen molar-refractivity contribution in [3.8, 4) is 11.5 Å². The maximum absolute atomic E-state index is 12.5. The molecule has 5 N–H and O–H groups in total. The van der Waals surface area contributed by atoms with Crippen LogP contribution in [0.25, 0.3) is 22.6 Å². The van der Waals surface area contributed by atoms with E-state index < -0.39 is 0 Å². The van der Waals surface area contributed by atoms with Crippen molar-refractivity contribution in [3.63, 3.8) is 0 Å². The van der Waals surface area contributed by atoms with Crippen LogP contribution in [0.5, 0.6) is 0 Å². The first-order valence-electron chi connectivity index (χ1n) is 9.50. The summed E-state index contributed by atoms with van der Waals surface area (Å²) in [6.45, 7) is 4.61. The number of rotatable bonds is 6. The number of ether oxygens (including phenoxy) is 1. The van der Waals surface area contributed by atoms with Crippen LogP contribution in [-0.2, 0) is 4.74 Å². The van der Waals surface area contributed by atoms with Gasteiger partial charge in [-0.1, -0.05) is 6.07 Å². The SMILES string of the molecule is N=C(N)c1ccc2nc(-c3cccc(C(=O)NCCN4CCOCC4)n3)[nH]c2c1. The summed E-state index contributed by atoms with van der Waals surface area (Å²) in [7, 11) is 0. The molecule has 3 heterocycles. The van der Waals surface area contributed by atoms with Crippen LogP contribution < -0.4 is 11.1 Å². The maximum atomic E-state index is 12.5. The van der Waals surface area contributed by atoms with Crippen molar-refractivity contribution < 1.29 is 9.53 Å². The van der Waals surface area contributed by atoms with E-state index in [4.69, 9.17) is 15.9 Å². The lowest BCUT2D eigenvalue weighted by atomic mass is 10.2. The molecule has 1 aromatic carbocycles. The van der Waals surface area contributed by atoms with Gasteiger partial charge in [0.1, 0.15) is 17.2 Å². The summed E-state index contributed by atoms with van der Waals surface area (Å²) in [5, 5.41) is 10.5. The molecule has 29 heavy (non-hydrogen) atoms. The fraction of sp³-hybridized carbons (Fsp3) is 0.300. The Labute approximate surface area is 167 Å². The predicted octanol–water partition coefficient (Wildman–Crippen LogP) is 0.971. The molecule has 4 rings (SSSR count). The van der Waals surface area contributed by atoms with Gasteiger partial charge in [-0.25, -0.2) is 9.97 Å². The van der Waals surface area contributed by atoms with Crippen LogP contribution in [0.1, 0.15) is 16.1 Å². The third kappa shape index (κ3) is 4.41. The predicted molar refractivity (Wildman–Crippen MR) is 110 cm³/mol. The minimum Gasteiger partial charge on any atom is -0.384 e. The lowest BCUT2D eigenvalue weighted by molar-refractivity contribution is 0.0383. The highest BCUT2D eigenvalue weighted by Crippen LogP contribution is 2.20. The van der Waals surface area contributed by atoms with E-state index in [-0.39, 0.29) is 11.7 Å². The van der Waals surface area contributed by atoms with Crippen LogP contribution in [0.15, 0.2) is 36.4 Å². The molecule has 0 aliphatic carbocycles. The first kappa shape index (κ1) is 19.0. The molecule has 0 spiro atoms. The van der Waals surface area contributed by atoms with E-state index >= 15 is 0 Å². The summed E-state index contributed by atoms with van der Waals surface area (Å²) in [5.74, 6) is 0.343. The first-order chi connectivity index (χ1) is 14.1. The average molecular weight is 393 g/mol. The number of pyridine rings is 1. The number of amidine groups is 1. The molecule has 0 saturated carbocycles. The van der Waals surface area contributed by atoms with Crippen molar-refractivity contribution in [2.45, 2.75) is 0 Å². The number of morpholine rings is 1. The quantitative estimate of drug-likeness (QED) is 0.364. The summed E-state index contributed by atoms with van der Waals surface area (Å²) in [6.07, 6.45) is 0. The average Bonchev–Trinajstić information content (AvgIpc) is 3.18. The zero-order valence-corrected chi connectivity index (χ0v) is 15.9. The number of nitrogens with one attached hydrogen (secondary N) is 3. The minimum absolute atomic E-state index is 0.00285. The number of nitrogen functional groups attached to an aromatic ring is 1. The molecule has 0 bridgehead atoms. The Balaban J connectivity index is 1.45. The Hall–Kier alpha value is -3.30. The Morgan fingerprint density at radius 3 is 2.86 bits per heavy atom. The highest BCUT2D eigenvalue weighted by molar-refractivity contribution is 5.98. The summed E-state index contributed by atoms with van der Waals surface area (Å²) in [4.78, 5) is 26.9. The van der Waals surface area contributed by atoms with E-state index in [2.05, 4.69) is 25.2 Å². The number of aromatic nitrogens is 3. The number of hydrogen-bond donors (Lipinski definition) is 4. The van der Waals surface area contributed by atoms with Gasteiger partial charge in [0.15, 0.2) is 5.82 Å². The molecule has 9 heteroatoms. The van der Waals surface area contributed by atoms with E-state index in [1.165, 1.54) is 0 Å². The van der Waals surface area contributed by atoms with Gasteiger partial charge in [0.2, 0.25) is 0 Å². The van der Waals surface area contributed by atoms with Gasteiger partial charge in [0.25, 0.3) is 5.91 Å². The molecule has 1 saturated heterocycles. The number of benzene rings is 1. The largest absolute Gasteiger partial charge is 0.384 e. The lowest BCUT2D eigenvalue weighted by Gasteiger charge is -2.26. The molecule has 9 nitrogen and oxygen atoms in total. The first-order valence-corrected chi connectivity index (χ1v) is 9.50. The number of H-pyrrole nitrogens is 1. The van der Waals surface area contributed by atoms with Gasteiger partial charge >= 0.3 is 0 Å². The number of hydrogen-bond acceptors (Lipinski definition) is 6. The molecule has 3 aromatic rings. The molecule has 1 aliphatic rings. The van der Waals surface area contributed by atoms with E-state index in [1.807, 2.05) is 0 Å². The van der Waals surface area contributed by atoms with Crippen molar-refractivity contribution in [2.24, 2.45) is 5.73 Å². The molecule has 0 radical (unpaired) electrons. The third-order valence-electron chi connectivity index (χ3n) is 4.83. The third-order valence-corrected chi connectivity index (χ3v) is 4.83. The fourth-order valence-electron chi connectivity index (χ4n) is 3.23. The van der Waals surface area contributed by atoms with Gasteiger partial charge in [-0.2, -0.15) is 0 Å². The number of carbonyl (C=O) groups is 1. The van der Waals surface area contributed by atoms with Crippen molar-refractivity contribution in [1.29, 1.82) is 5.41 Å². The van der Waals surface area contributed by atoms with Gasteiger partial charge < -0.3 is 20.8 Å². The van der Waals surface area contributed by atoms with Crippen LogP contribution in [0, 0.1) is 5.41 Å². The van der Waals surface area contributed by atoms with Crippen molar-refractivity contribution >= 4 is 22.8 Å².